The molecule has 3 aromatic rings. The minimum absolute atomic E-state index is 0.221. The first-order valence-electron chi connectivity index (χ1n) is 8.16. The van der Waals surface area contributed by atoms with Gasteiger partial charge in [-0.25, -0.2) is 9.99 Å². The molecular formula is C19H19N3S2. The van der Waals surface area contributed by atoms with Crippen molar-refractivity contribution in [1.29, 1.82) is 0 Å². The zero-order valence-electron chi connectivity index (χ0n) is 13.8. The van der Waals surface area contributed by atoms with Gasteiger partial charge in [-0.1, -0.05) is 37.3 Å². The number of hydrazone groups is 1. The van der Waals surface area contributed by atoms with Gasteiger partial charge in [-0.3, -0.25) is 0 Å². The van der Waals surface area contributed by atoms with E-state index >= 15 is 0 Å². The van der Waals surface area contributed by atoms with Crippen LogP contribution < -0.4 is 5.01 Å². The maximum Gasteiger partial charge on any atom is 0.206 e. The van der Waals surface area contributed by atoms with E-state index < -0.39 is 0 Å². The second kappa shape index (κ2) is 6.49. The summed E-state index contributed by atoms with van der Waals surface area (Å²) in [4.78, 5) is 5.91. The number of aromatic nitrogens is 1. The Hall–Kier alpha value is -1.98. The average molecular weight is 354 g/mol. The van der Waals surface area contributed by atoms with Crippen LogP contribution in [-0.2, 0) is 6.42 Å². The highest BCUT2D eigenvalue weighted by Gasteiger charge is 2.31. The summed E-state index contributed by atoms with van der Waals surface area (Å²) in [6.07, 6.45) is 1.99. The molecule has 5 heteroatoms. The monoisotopic (exact) mass is 353 g/mol. The quantitative estimate of drug-likeness (QED) is 0.625. The van der Waals surface area contributed by atoms with Crippen LogP contribution >= 0.6 is 22.7 Å². The van der Waals surface area contributed by atoms with Crippen molar-refractivity contribution in [1.82, 2.24) is 4.98 Å². The Morgan fingerprint density at radius 3 is 2.62 bits per heavy atom. The van der Waals surface area contributed by atoms with Crippen molar-refractivity contribution >= 4 is 33.5 Å². The van der Waals surface area contributed by atoms with E-state index in [0.29, 0.717) is 0 Å². The van der Waals surface area contributed by atoms with Gasteiger partial charge in [-0.15, -0.1) is 22.7 Å². The van der Waals surface area contributed by atoms with E-state index in [1.807, 2.05) is 6.92 Å². The highest BCUT2D eigenvalue weighted by molar-refractivity contribution is 7.13. The number of hydrogen-bond donors (Lipinski definition) is 0. The van der Waals surface area contributed by atoms with E-state index in [2.05, 4.69) is 64.1 Å². The molecule has 122 valence electrons. The van der Waals surface area contributed by atoms with E-state index in [1.165, 1.54) is 16.0 Å². The molecule has 3 heterocycles. The minimum atomic E-state index is 0.221. The van der Waals surface area contributed by atoms with Crippen LogP contribution in [0.5, 0.6) is 0 Å². The van der Waals surface area contributed by atoms with Gasteiger partial charge >= 0.3 is 0 Å². The fourth-order valence-electron chi connectivity index (χ4n) is 2.96. The normalized spacial score (nSPS) is 17.3. The van der Waals surface area contributed by atoms with Crippen LogP contribution in [0, 0.1) is 6.92 Å². The first-order chi connectivity index (χ1) is 11.7. The summed E-state index contributed by atoms with van der Waals surface area (Å²) in [7, 11) is 0. The van der Waals surface area contributed by atoms with Crippen molar-refractivity contribution in [2.45, 2.75) is 32.7 Å². The predicted molar refractivity (Wildman–Crippen MR) is 103 cm³/mol. The zero-order valence-corrected chi connectivity index (χ0v) is 15.4. The molecule has 0 radical (unpaired) electrons. The van der Waals surface area contributed by atoms with E-state index in [4.69, 9.17) is 5.10 Å². The van der Waals surface area contributed by atoms with Crippen molar-refractivity contribution in [2.75, 3.05) is 5.01 Å². The molecule has 0 bridgehead atoms. The first kappa shape index (κ1) is 15.5. The third-order valence-corrected chi connectivity index (χ3v) is 6.16. The summed E-state index contributed by atoms with van der Waals surface area (Å²) in [5, 5.41) is 12.2. The number of nitrogens with zero attached hydrogens (tertiary/aromatic N) is 3. The van der Waals surface area contributed by atoms with Crippen LogP contribution in [0.2, 0.25) is 0 Å². The van der Waals surface area contributed by atoms with Crippen molar-refractivity contribution in [3.8, 4) is 0 Å². The van der Waals surface area contributed by atoms with Gasteiger partial charge in [0.2, 0.25) is 5.13 Å². The predicted octanol–water partition coefficient (Wildman–Crippen LogP) is 5.43. The third kappa shape index (κ3) is 2.89. The standard InChI is InChI=1S/C19H19N3S2/c1-3-14-6-8-15(9-7-14)17-11-16(18-5-4-10-23-18)21-22(17)19-20-13(2)12-24-19/h4-10,12,17H,3,11H2,1-2H3/t17-/m1/s1. The Balaban J connectivity index is 1.71. The molecule has 0 aliphatic carbocycles. The number of thiophene rings is 1. The van der Waals surface area contributed by atoms with Crippen LogP contribution in [0.25, 0.3) is 0 Å². The summed E-state index contributed by atoms with van der Waals surface area (Å²) in [6, 6.07) is 13.4. The molecule has 0 N–H and O–H groups in total. The van der Waals surface area contributed by atoms with Gasteiger partial charge in [0.25, 0.3) is 0 Å². The maximum absolute atomic E-state index is 4.92. The highest BCUT2D eigenvalue weighted by Crippen LogP contribution is 2.38. The Kier molecular flexibility index (Phi) is 4.21. The number of thiazole rings is 1. The largest absolute Gasteiger partial charge is 0.231 e. The van der Waals surface area contributed by atoms with Crippen LogP contribution in [-0.4, -0.2) is 10.7 Å². The summed E-state index contributed by atoms with van der Waals surface area (Å²) in [6.45, 7) is 4.22. The van der Waals surface area contributed by atoms with Gasteiger partial charge in [-0.05, 0) is 35.9 Å². The molecule has 1 aromatic carbocycles. The van der Waals surface area contributed by atoms with Crippen molar-refractivity contribution in [3.05, 3.63) is 68.9 Å². The molecule has 3 nitrogen and oxygen atoms in total. The van der Waals surface area contributed by atoms with E-state index in [1.54, 1.807) is 22.7 Å². The molecule has 4 rings (SSSR count). The Bertz CT molecular complexity index is 847. The number of anilines is 1. The van der Waals surface area contributed by atoms with Crippen LogP contribution in [0.4, 0.5) is 5.13 Å². The smallest absolute Gasteiger partial charge is 0.206 e. The molecule has 1 aliphatic heterocycles. The lowest BCUT2D eigenvalue weighted by Gasteiger charge is -2.21. The van der Waals surface area contributed by atoms with Crippen molar-refractivity contribution in [2.24, 2.45) is 5.10 Å². The minimum Gasteiger partial charge on any atom is -0.231 e. The summed E-state index contributed by atoms with van der Waals surface area (Å²) >= 11 is 3.41. The molecule has 0 spiro atoms. The summed E-state index contributed by atoms with van der Waals surface area (Å²) < 4.78 is 0. The molecule has 1 aliphatic rings. The van der Waals surface area contributed by atoms with E-state index in [9.17, 15) is 0 Å². The number of benzene rings is 1. The van der Waals surface area contributed by atoms with Crippen LogP contribution in [0.15, 0.2) is 52.3 Å². The molecule has 2 aromatic heterocycles. The Morgan fingerprint density at radius 2 is 2.00 bits per heavy atom. The van der Waals surface area contributed by atoms with Gasteiger partial charge in [0.1, 0.15) is 0 Å². The summed E-state index contributed by atoms with van der Waals surface area (Å²) in [5.74, 6) is 0. The first-order valence-corrected chi connectivity index (χ1v) is 9.92. The lowest BCUT2D eigenvalue weighted by atomic mass is 9.99. The Labute approximate surface area is 150 Å². The van der Waals surface area contributed by atoms with Gasteiger partial charge in [-0.2, -0.15) is 5.10 Å². The van der Waals surface area contributed by atoms with Crippen molar-refractivity contribution < 1.29 is 0 Å². The van der Waals surface area contributed by atoms with Gasteiger partial charge in [0.05, 0.1) is 22.3 Å². The molecule has 0 saturated heterocycles. The van der Waals surface area contributed by atoms with Gasteiger partial charge in [0.15, 0.2) is 0 Å². The summed E-state index contributed by atoms with van der Waals surface area (Å²) in [5.41, 5.74) is 4.88. The van der Waals surface area contributed by atoms with E-state index in [-0.39, 0.29) is 6.04 Å². The van der Waals surface area contributed by atoms with Crippen molar-refractivity contribution in [3.63, 3.8) is 0 Å². The Morgan fingerprint density at radius 1 is 1.17 bits per heavy atom. The topological polar surface area (TPSA) is 28.5 Å². The molecule has 0 saturated carbocycles. The second-order valence-corrected chi connectivity index (χ2v) is 7.74. The molecule has 0 unspecified atom stereocenters. The van der Waals surface area contributed by atoms with Crippen LogP contribution in [0.1, 0.15) is 41.1 Å². The average Bonchev–Trinajstić information content (AvgIpc) is 3.34. The highest BCUT2D eigenvalue weighted by atomic mass is 32.1. The number of rotatable bonds is 4. The molecular weight excluding hydrogens is 334 g/mol. The lowest BCUT2D eigenvalue weighted by Crippen LogP contribution is -2.18. The number of aryl methyl sites for hydroxylation is 2. The molecule has 0 fully saturated rings. The maximum atomic E-state index is 4.92. The molecule has 24 heavy (non-hydrogen) atoms. The second-order valence-electron chi connectivity index (χ2n) is 5.96. The number of hydrogen-bond acceptors (Lipinski definition) is 5. The fourth-order valence-corrected chi connectivity index (χ4v) is 4.48. The SMILES string of the molecule is CCc1ccc([C@H]2CC(c3cccs3)=NN2c2nc(C)cs2)cc1. The molecule has 0 amide bonds. The molecule has 1 atom stereocenters. The third-order valence-electron chi connectivity index (χ3n) is 4.29. The zero-order chi connectivity index (χ0) is 16.5. The van der Waals surface area contributed by atoms with Crippen LogP contribution in [0.3, 0.4) is 0 Å². The van der Waals surface area contributed by atoms with Gasteiger partial charge < -0.3 is 0 Å². The fraction of sp³-hybridized carbons (Fsp3) is 0.263. The van der Waals surface area contributed by atoms with Gasteiger partial charge in [0, 0.05) is 11.8 Å². The van der Waals surface area contributed by atoms with E-state index in [0.717, 1.165) is 29.4 Å². The lowest BCUT2D eigenvalue weighted by molar-refractivity contribution is 0.705.